The SMILES string of the molecule is CCCC(C(=O)NC=O)N(C)C(=O)c1c(C=O)cccc1NCCCCCNC1(C)CC2CC(C)CC(C2)C1. The minimum absolute atomic E-state index is 0.252. The van der Waals surface area contributed by atoms with Crippen LogP contribution in [0.25, 0.3) is 0 Å². The molecule has 216 valence electrons. The van der Waals surface area contributed by atoms with Gasteiger partial charge >= 0.3 is 0 Å². The van der Waals surface area contributed by atoms with Gasteiger partial charge < -0.3 is 15.5 Å². The van der Waals surface area contributed by atoms with Gasteiger partial charge in [0, 0.05) is 30.4 Å². The Bertz CT molecular complexity index is 979. The third kappa shape index (κ3) is 8.37. The van der Waals surface area contributed by atoms with E-state index >= 15 is 0 Å². The van der Waals surface area contributed by atoms with Crippen LogP contribution in [0.5, 0.6) is 0 Å². The number of anilines is 1. The normalized spacial score (nSPS) is 24.9. The van der Waals surface area contributed by atoms with Gasteiger partial charge in [-0.05, 0) is 88.7 Å². The standard InChI is InChI=1S/C31H48N4O4/c1-5-10-27(29(38)33-21-37)35(4)30(39)28-25(20-36)11-9-12-26(28)32-13-7-6-8-14-34-31(3)18-23-15-22(2)16-24(17-23)19-31/h9,11-12,20-24,27,32,34H,5-8,10,13-19H2,1-4H3,(H,33,37,38). The molecule has 2 saturated carbocycles. The molecule has 3 unspecified atom stereocenters. The van der Waals surface area contributed by atoms with Crippen molar-refractivity contribution in [2.45, 2.75) is 96.6 Å². The van der Waals surface area contributed by atoms with Gasteiger partial charge in [0.25, 0.3) is 5.91 Å². The fourth-order valence-electron chi connectivity index (χ4n) is 7.07. The highest BCUT2D eigenvalue weighted by molar-refractivity contribution is 6.07. The molecular weight excluding hydrogens is 492 g/mol. The second kappa shape index (κ2) is 14.6. The van der Waals surface area contributed by atoms with E-state index in [4.69, 9.17) is 0 Å². The zero-order valence-electron chi connectivity index (χ0n) is 24.3. The van der Waals surface area contributed by atoms with Gasteiger partial charge in [-0.1, -0.05) is 38.8 Å². The van der Waals surface area contributed by atoms with Crippen LogP contribution in [-0.2, 0) is 9.59 Å². The second-order valence-electron chi connectivity index (χ2n) is 12.2. The number of benzene rings is 1. The van der Waals surface area contributed by atoms with Gasteiger partial charge in [-0.3, -0.25) is 24.5 Å². The Morgan fingerprint density at radius 3 is 2.41 bits per heavy atom. The molecule has 0 aromatic heterocycles. The van der Waals surface area contributed by atoms with Gasteiger partial charge in [0.05, 0.1) is 5.56 Å². The van der Waals surface area contributed by atoms with Crippen molar-refractivity contribution < 1.29 is 19.2 Å². The molecule has 1 aromatic rings. The molecule has 0 saturated heterocycles. The Morgan fingerprint density at radius 1 is 1.08 bits per heavy atom. The van der Waals surface area contributed by atoms with Crippen molar-refractivity contribution in [3.05, 3.63) is 29.3 Å². The van der Waals surface area contributed by atoms with Crippen LogP contribution in [0.3, 0.4) is 0 Å². The number of imide groups is 1. The van der Waals surface area contributed by atoms with Crippen molar-refractivity contribution in [1.82, 2.24) is 15.5 Å². The first-order valence-electron chi connectivity index (χ1n) is 14.8. The highest BCUT2D eigenvalue weighted by Gasteiger charge is 2.40. The molecule has 39 heavy (non-hydrogen) atoms. The summed E-state index contributed by atoms with van der Waals surface area (Å²) in [4.78, 5) is 49.8. The topological polar surface area (TPSA) is 108 Å². The van der Waals surface area contributed by atoms with Crippen LogP contribution in [0.2, 0.25) is 0 Å². The van der Waals surface area contributed by atoms with Crippen LogP contribution >= 0.6 is 0 Å². The molecule has 2 aliphatic rings. The molecule has 0 heterocycles. The Balaban J connectivity index is 1.51. The van der Waals surface area contributed by atoms with Crippen LogP contribution in [0.1, 0.15) is 106 Å². The van der Waals surface area contributed by atoms with Gasteiger partial charge in [0.15, 0.2) is 6.29 Å². The summed E-state index contributed by atoms with van der Waals surface area (Å²) in [6, 6.07) is 4.33. The van der Waals surface area contributed by atoms with E-state index in [1.807, 2.05) is 6.92 Å². The minimum Gasteiger partial charge on any atom is -0.384 e. The zero-order chi connectivity index (χ0) is 28.4. The average Bonchev–Trinajstić information content (AvgIpc) is 2.89. The molecule has 3 amide bonds. The van der Waals surface area contributed by atoms with Crippen LogP contribution in [-0.4, -0.2) is 61.1 Å². The molecule has 8 nitrogen and oxygen atoms in total. The molecule has 3 rings (SSSR count). The number of fused-ring (bicyclic) bond motifs is 2. The average molecular weight is 541 g/mol. The van der Waals surface area contributed by atoms with Crippen molar-refractivity contribution in [2.75, 3.05) is 25.5 Å². The Morgan fingerprint density at radius 2 is 1.77 bits per heavy atom. The van der Waals surface area contributed by atoms with E-state index in [1.54, 1.807) is 18.2 Å². The lowest BCUT2D eigenvalue weighted by Crippen LogP contribution is -2.50. The Kier molecular flexibility index (Phi) is 11.5. The maximum Gasteiger partial charge on any atom is 0.257 e. The van der Waals surface area contributed by atoms with Crippen LogP contribution < -0.4 is 16.0 Å². The first kappa shape index (κ1) is 30.8. The minimum atomic E-state index is -0.804. The monoisotopic (exact) mass is 540 g/mol. The van der Waals surface area contributed by atoms with Gasteiger partial charge in [-0.2, -0.15) is 0 Å². The van der Waals surface area contributed by atoms with Crippen LogP contribution in [0.4, 0.5) is 5.69 Å². The molecule has 3 N–H and O–H groups in total. The van der Waals surface area contributed by atoms with E-state index in [-0.39, 0.29) is 16.7 Å². The number of amides is 3. The number of nitrogens with one attached hydrogen (secondary N) is 3. The summed E-state index contributed by atoms with van der Waals surface area (Å²) in [6.07, 6.45) is 11.9. The van der Waals surface area contributed by atoms with Crippen LogP contribution in [0.15, 0.2) is 18.2 Å². The third-order valence-electron chi connectivity index (χ3n) is 8.63. The first-order chi connectivity index (χ1) is 18.7. The number of hydrogen-bond donors (Lipinski definition) is 3. The van der Waals surface area contributed by atoms with Crippen LogP contribution in [0, 0.1) is 17.8 Å². The van der Waals surface area contributed by atoms with E-state index in [0.29, 0.717) is 37.8 Å². The predicted octanol–water partition coefficient (Wildman–Crippen LogP) is 4.79. The highest BCUT2D eigenvalue weighted by atomic mass is 16.2. The maximum absolute atomic E-state index is 13.5. The molecule has 2 bridgehead atoms. The summed E-state index contributed by atoms with van der Waals surface area (Å²) in [5.74, 6) is 1.68. The second-order valence-corrected chi connectivity index (χ2v) is 12.2. The van der Waals surface area contributed by atoms with E-state index in [1.165, 1.54) is 44.1 Å². The van der Waals surface area contributed by atoms with E-state index in [0.717, 1.165) is 43.6 Å². The lowest BCUT2D eigenvalue weighted by atomic mass is 9.62. The molecule has 1 aromatic carbocycles. The quantitative estimate of drug-likeness (QED) is 0.218. The number of aldehydes is 1. The summed E-state index contributed by atoms with van der Waals surface area (Å²) in [5.41, 5.74) is 1.37. The Hall–Kier alpha value is -2.74. The number of nitrogens with zero attached hydrogens (tertiary/aromatic N) is 1. The fourth-order valence-corrected chi connectivity index (χ4v) is 7.07. The number of hydrogen-bond acceptors (Lipinski definition) is 6. The Labute approximate surface area is 234 Å². The van der Waals surface area contributed by atoms with E-state index < -0.39 is 17.9 Å². The van der Waals surface area contributed by atoms with Gasteiger partial charge in [0.2, 0.25) is 12.3 Å². The van der Waals surface area contributed by atoms with Gasteiger partial charge in [-0.25, -0.2) is 0 Å². The predicted molar refractivity (Wildman–Crippen MR) is 155 cm³/mol. The molecule has 2 aliphatic carbocycles. The molecular formula is C31H48N4O4. The zero-order valence-corrected chi connectivity index (χ0v) is 24.3. The fraction of sp³-hybridized carbons (Fsp3) is 0.677. The molecule has 0 spiro atoms. The number of carbonyl (C=O) groups is 4. The summed E-state index contributed by atoms with van der Waals surface area (Å²) in [5, 5.41) is 9.37. The molecule has 3 atom stereocenters. The lowest BCUT2D eigenvalue weighted by Gasteiger charge is -2.47. The summed E-state index contributed by atoms with van der Waals surface area (Å²) < 4.78 is 0. The largest absolute Gasteiger partial charge is 0.384 e. The van der Waals surface area contributed by atoms with Crippen molar-refractivity contribution in [2.24, 2.45) is 17.8 Å². The van der Waals surface area contributed by atoms with Crippen molar-refractivity contribution in [3.63, 3.8) is 0 Å². The number of likely N-dealkylation sites (N-methyl/N-ethyl adjacent to an activating group) is 1. The van der Waals surface area contributed by atoms with E-state index in [9.17, 15) is 19.2 Å². The molecule has 8 heteroatoms. The number of carbonyl (C=O) groups excluding carboxylic acids is 4. The number of unbranched alkanes of at least 4 members (excludes halogenated alkanes) is 2. The van der Waals surface area contributed by atoms with Gasteiger partial charge in [0.1, 0.15) is 6.04 Å². The molecule has 2 fully saturated rings. The smallest absolute Gasteiger partial charge is 0.257 e. The summed E-state index contributed by atoms with van der Waals surface area (Å²) in [6.45, 7) is 8.42. The molecule has 0 aliphatic heterocycles. The summed E-state index contributed by atoms with van der Waals surface area (Å²) in [7, 11) is 1.53. The van der Waals surface area contributed by atoms with Crippen molar-refractivity contribution >= 4 is 30.2 Å². The summed E-state index contributed by atoms with van der Waals surface area (Å²) >= 11 is 0. The molecule has 0 radical (unpaired) electrons. The lowest BCUT2D eigenvalue weighted by molar-refractivity contribution is -0.128. The highest BCUT2D eigenvalue weighted by Crippen LogP contribution is 2.46. The number of rotatable bonds is 15. The van der Waals surface area contributed by atoms with Gasteiger partial charge in [-0.15, -0.1) is 0 Å². The van der Waals surface area contributed by atoms with E-state index in [2.05, 4.69) is 29.8 Å². The maximum atomic E-state index is 13.5. The first-order valence-corrected chi connectivity index (χ1v) is 14.8. The van der Waals surface area contributed by atoms with Crippen molar-refractivity contribution in [1.29, 1.82) is 0 Å². The van der Waals surface area contributed by atoms with Crippen molar-refractivity contribution in [3.8, 4) is 0 Å². The third-order valence-corrected chi connectivity index (χ3v) is 8.63.